The van der Waals surface area contributed by atoms with Gasteiger partial charge in [-0.2, -0.15) is 0 Å². The highest BCUT2D eigenvalue weighted by molar-refractivity contribution is 14.0. The molecule has 0 radical (unpaired) electrons. The fourth-order valence-electron chi connectivity index (χ4n) is 4.72. The highest BCUT2D eigenvalue weighted by Crippen LogP contribution is 2.31. The molecule has 1 aromatic rings. The van der Waals surface area contributed by atoms with E-state index < -0.39 is 0 Å². The Kier molecular flexibility index (Phi) is 11.3. The topological polar surface area (TPSA) is 40.1 Å². The summed E-state index contributed by atoms with van der Waals surface area (Å²) in [5.74, 6) is 1.83. The van der Waals surface area contributed by atoms with Crippen molar-refractivity contribution in [3.8, 4) is 0 Å². The molecule has 6 heteroatoms. The first-order chi connectivity index (χ1) is 13.8. The molecule has 2 aliphatic heterocycles. The summed E-state index contributed by atoms with van der Waals surface area (Å²) in [7, 11) is 1.91. The highest BCUT2D eigenvalue weighted by atomic mass is 127. The van der Waals surface area contributed by atoms with Gasteiger partial charge in [0, 0.05) is 52.5 Å². The molecule has 0 saturated carbocycles. The van der Waals surface area contributed by atoms with E-state index in [2.05, 4.69) is 57.4 Å². The van der Waals surface area contributed by atoms with Crippen LogP contribution in [0.2, 0.25) is 0 Å². The van der Waals surface area contributed by atoms with Crippen LogP contribution in [0.5, 0.6) is 0 Å². The Hall–Kier alpha value is -0.860. The maximum atomic E-state index is 5.42. The second kappa shape index (κ2) is 13.4. The van der Waals surface area contributed by atoms with Gasteiger partial charge in [-0.05, 0) is 57.1 Å². The van der Waals surface area contributed by atoms with Crippen molar-refractivity contribution in [2.24, 2.45) is 10.9 Å². The van der Waals surface area contributed by atoms with Gasteiger partial charge in [0.15, 0.2) is 5.96 Å². The summed E-state index contributed by atoms with van der Waals surface area (Å²) >= 11 is 0. The van der Waals surface area contributed by atoms with Crippen molar-refractivity contribution < 1.29 is 4.74 Å². The minimum atomic E-state index is 0. The van der Waals surface area contributed by atoms with Gasteiger partial charge >= 0.3 is 0 Å². The van der Waals surface area contributed by atoms with E-state index in [1.165, 1.54) is 31.4 Å². The summed E-state index contributed by atoms with van der Waals surface area (Å²) in [6.07, 6.45) is 6.13. The summed E-state index contributed by atoms with van der Waals surface area (Å²) in [5.41, 5.74) is 1.44. The second-order valence-electron chi connectivity index (χ2n) is 8.04. The predicted molar refractivity (Wildman–Crippen MR) is 132 cm³/mol. The van der Waals surface area contributed by atoms with Crippen molar-refractivity contribution in [3.05, 3.63) is 35.9 Å². The third kappa shape index (κ3) is 7.40. The second-order valence-corrected chi connectivity index (χ2v) is 8.04. The average Bonchev–Trinajstić information content (AvgIpc) is 2.74. The SMILES string of the molecule is CCOCCCCNC(=NC)N1CCC2C(CCCN2Cc2ccccc2)C1.I. The van der Waals surface area contributed by atoms with E-state index in [1.54, 1.807) is 0 Å². The molecule has 0 aromatic heterocycles. The van der Waals surface area contributed by atoms with Gasteiger partial charge in [0.1, 0.15) is 0 Å². The number of unbranched alkanes of at least 4 members (excludes halogenated alkanes) is 1. The van der Waals surface area contributed by atoms with Crippen LogP contribution in [0.15, 0.2) is 35.3 Å². The fourth-order valence-corrected chi connectivity index (χ4v) is 4.72. The lowest BCUT2D eigenvalue weighted by Gasteiger charge is -2.48. The molecule has 1 N–H and O–H groups in total. The third-order valence-electron chi connectivity index (χ3n) is 6.13. The molecule has 2 fully saturated rings. The van der Waals surface area contributed by atoms with E-state index in [0.29, 0.717) is 0 Å². The molecule has 2 aliphatic rings. The largest absolute Gasteiger partial charge is 0.382 e. The van der Waals surface area contributed by atoms with Crippen LogP contribution in [-0.4, -0.2) is 68.2 Å². The predicted octanol–water partition coefficient (Wildman–Crippen LogP) is 3.98. The molecule has 0 amide bonds. The number of rotatable bonds is 8. The summed E-state index contributed by atoms with van der Waals surface area (Å²) in [6.45, 7) is 9.27. The van der Waals surface area contributed by atoms with Crippen LogP contribution in [0.1, 0.15) is 44.6 Å². The molecular formula is C23H39IN4O. The monoisotopic (exact) mass is 514 g/mol. The first-order valence-corrected chi connectivity index (χ1v) is 11.1. The van der Waals surface area contributed by atoms with Crippen LogP contribution < -0.4 is 5.32 Å². The van der Waals surface area contributed by atoms with Gasteiger partial charge in [0.2, 0.25) is 0 Å². The van der Waals surface area contributed by atoms with Crippen LogP contribution >= 0.6 is 24.0 Å². The van der Waals surface area contributed by atoms with Crippen molar-refractivity contribution in [1.82, 2.24) is 15.1 Å². The van der Waals surface area contributed by atoms with Gasteiger partial charge in [0.25, 0.3) is 0 Å². The zero-order chi connectivity index (χ0) is 19.6. The van der Waals surface area contributed by atoms with Crippen LogP contribution in [-0.2, 0) is 11.3 Å². The lowest BCUT2D eigenvalue weighted by atomic mass is 9.83. The van der Waals surface area contributed by atoms with Crippen LogP contribution in [0.3, 0.4) is 0 Å². The van der Waals surface area contributed by atoms with Crippen LogP contribution in [0, 0.1) is 5.92 Å². The number of aliphatic imine (C=N–C) groups is 1. The molecule has 2 unspecified atom stereocenters. The minimum absolute atomic E-state index is 0. The molecule has 0 aliphatic carbocycles. The van der Waals surface area contributed by atoms with Gasteiger partial charge in [-0.25, -0.2) is 0 Å². The number of likely N-dealkylation sites (tertiary alicyclic amines) is 2. The van der Waals surface area contributed by atoms with E-state index in [1.807, 2.05) is 7.05 Å². The maximum absolute atomic E-state index is 5.42. The quantitative estimate of drug-likeness (QED) is 0.247. The normalized spacial score (nSPS) is 22.7. The Morgan fingerprint density at radius 2 is 2.00 bits per heavy atom. The number of hydrogen-bond donors (Lipinski definition) is 1. The standard InChI is InChI=1S/C23H38N4O.HI/c1-3-28-17-8-7-14-25-23(24-2)27-16-13-22-21(19-27)12-9-15-26(22)18-20-10-5-4-6-11-20;/h4-6,10-11,21-22H,3,7-9,12-19H2,1-2H3,(H,24,25);1H. The van der Waals surface area contributed by atoms with E-state index >= 15 is 0 Å². The van der Waals surface area contributed by atoms with Gasteiger partial charge in [-0.15, -0.1) is 24.0 Å². The first kappa shape index (κ1) is 24.4. The molecule has 0 spiro atoms. The molecule has 0 bridgehead atoms. The third-order valence-corrected chi connectivity index (χ3v) is 6.13. The van der Waals surface area contributed by atoms with Gasteiger partial charge < -0.3 is 15.0 Å². The molecule has 164 valence electrons. The number of piperidine rings is 2. The zero-order valence-electron chi connectivity index (χ0n) is 18.2. The Morgan fingerprint density at radius 1 is 1.17 bits per heavy atom. The zero-order valence-corrected chi connectivity index (χ0v) is 20.5. The molecule has 5 nitrogen and oxygen atoms in total. The molecule has 2 atom stereocenters. The van der Waals surface area contributed by atoms with Crippen molar-refractivity contribution >= 4 is 29.9 Å². The fraction of sp³-hybridized carbons (Fsp3) is 0.696. The van der Waals surface area contributed by atoms with Crippen LogP contribution in [0.4, 0.5) is 0 Å². The van der Waals surface area contributed by atoms with Crippen molar-refractivity contribution in [2.45, 2.75) is 51.6 Å². The minimum Gasteiger partial charge on any atom is -0.382 e. The molecule has 2 heterocycles. The smallest absolute Gasteiger partial charge is 0.193 e. The summed E-state index contributed by atoms with van der Waals surface area (Å²) < 4.78 is 5.42. The van der Waals surface area contributed by atoms with Gasteiger partial charge in [0.05, 0.1) is 0 Å². The number of nitrogens with zero attached hydrogens (tertiary/aromatic N) is 3. The molecule has 29 heavy (non-hydrogen) atoms. The Bertz CT molecular complexity index is 598. The lowest BCUT2D eigenvalue weighted by Crippen LogP contribution is -2.56. The number of fused-ring (bicyclic) bond motifs is 1. The van der Waals surface area contributed by atoms with Crippen molar-refractivity contribution in [2.75, 3.05) is 46.4 Å². The maximum Gasteiger partial charge on any atom is 0.193 e. The van der Waals surface area contributed by atoms with Crippen molar-refractivity contribution in [3.63, 3.8) is 0 Å². The Labute approximate surface area is 194 Å². The summed E-state index contributed by atoms with van der Waals surface area (Å²) in [5, 5.41) is 3.57. The number of benzene rings is 1. The van der Waals surface area contributed by atoms with Crippen LogP contribution in [0.25, 0.3) is 0 Å². The van der Waals surface area contributed by atoms with E-state index in [-0.39, 0.29) is 24.0 Å². The van der Waals surface area contributed by atoms with E-state index in [4.69, 9.17) is 4.74 Å². The number of hydrogen-bond acceptors (Lipinski definition) is 3. The summed E-state index contributed by atoms with van der Waals surface area (Å²) in [4.78, 5) is 9.77. The average molecular weight is 514 g/mol. The molecule has 2 saturated heterocycles. The number of nitrogens with one attached hydrogen (secondary N) is 1. The molecular weight excluding hydrogens is 475 g/mol. The van der Waals surface area contributed by atoms with E-state index in [0.717, 1.165) is 70.2 Å². The molecule has 1 aromatic carbocycles. The van der Waals surface area contributed by atoms with E-state index in [9.17, 15) is 0 Å². The highest BCUT2D eigenvalue weighted by Gasteiger charge is 2.36. The lowest BCUT2D eigenvalue weighted by molar-refractivity contribution is 0.0372. The number of guanidine groups is 1. The summed E-state index contributed by atoms with van der Waals surface area (Å²) in [6, 6.07) is 11.7. The Morgan fingerprint density at radius 3 is 2.76 bits per heavy atom. The van der Waals surface area contributed by atoms with Gasteiger partial charge in [-0.3, -0.25) is 9.89 Å². The Balaban J connectivity index is 0.00000300. The van der Waals surface area contributed by atoms with Gasteiger partial charge in [-0.1, -0.05) is 30.3 Å². The van der Waals surface area contributed by atoms with Crippen molar-refractivity contribution in [1.29, 1.82) is 0 Å². The number of ether oxygens (including phenoxy) is 1. The molecule has 3 rings (SSSR count). The number of halogens is 1. The first-order valence-electron chi connectivity index (χ1n) is 11.1.